The molecule has 142 valence electrons. The molecule has 0 saturated carbocycles. The van der Waals surface area contributed by atoms with Crippen LogP contribution in [0.5, 0.6) is 5.75 Å². The molecule has 3 aromatic rings. The van der Waals surface area contributed by atoms with Crippen molar-refractivity contribution in [2.24, 2.45) is 0 Å². The Morgan fingerprint density at radius 2 is 1.89 bits per heavy atom. The van der Waals surface area contributed by atoms with Gasteiger partial charge in [0.1, 0.15) is 11.6 Å². The lowest BCUT2D eigenvalue weighted by atomic mass is 10.3. The summed E-state index contributed by atoms with van der Waals surface area (Å²) < 4.78 is 44.5. The maximum absolute atomic E-state index is 12.9. The van der Waals surface area contributed by atoms with Gasteiger partial charge in [-0.2, -0.15) is 17.7 Å². The van der Waals surface area contributed by atoms with E-state index in [4.69, 9.17) is 4.74 Å². The number of hydrogen-bond donors (Lipinski definition) is 1. The Balaban J connectivity index is 1.73. The van der Waals surface area contributed by atoms with Crippen LogP contribution in [0.2, 0.25) is 0 Å². The van der Waals surface area contributed by atoms with Crippen molar-refractivity contribution in [3.8, 4) is 5.75 Å². The Morgan fingerprint density at radius 1 is 1.19 bits per heavy atom. The van der Waals surface area contributed by atoms with E-state index in [0.717, 1.165) is 0 Å². The highest BCUT2D eigenvalue weighted by molar-refractivity contribution is 5.93. The van der Waals surface area contributed by atoms with Crippen LogP contribution >= 0.6 is 0 Å². The van der Waals surface area contributed by atoms with E-state index in [-0.39, 0.29) is 23.9 Å². The van der Waals surface area contributed by atoms with Crippen molar-refractivity contribution < 1.29 is 22.7 Å². The number of ether oxygens (including phenoxy) is 1. The highest BCUT2D eigenvalue weighted by Gasteiger charge is 2.37. The maximum Gasteiger partial charge on any atom is 0.453 e. The van der Waals surface area contributed by atoms with Gasteiger partial charge in [0, 0.05) is 12.7 Å². The van der Waals surface area contributed by atoms with Crippen LogP contribution < -0.4 is 15.0 Å². The Morgan fingerprint density at radius 3 is 2.52 bits per heavy atom. The molecule has 2 heterocycles. The standard InChI is InChI=1S/C16H15F3N6O2/c1-24(9-14(26)20-10-3-5-11(27-2)6-4-10)13-8-7-12-21-22-15(16(17,18)19)25(12)23-13/h3-8H,9H2,1-2H3,(H,20,26). The first-order chi connectivity index (χ1) is 12.8. The van der Waals surface area contributed by atoms with Crippen LogP contribution in [0.15, 0.2) is 36.4 Å². The van der Waals surface area contributed by atoms with Crippen LogP contribution in [0.3, 0.4) is 0 Å². The fourth-order valence-corrected chi connectivity index (χ4v) is 2.33. The first-order valence-electron chi connectivity index (χ1n) is 7.72. The number of anilines is 2. The number of amides is 1. The predicted molar refractivity (Wildman–Crippen MR) is 90.7 cm³/mol. The van der Waals surface area contributed by atoms with Crippen LogP contribution in [0.4, 0.5) is 24.7 Å². The minimum Gasteiger partial charge on any atom is -0.497 e. The molecule has 0 spiro atoms. The van der Waals surface area contributed by atoms with Crippen molar-refractivity contribution >= 4 is 23.1 Å². The molecule has 1 aromatic carbocycles. The van der Waals surface area contributed by atoms with E-state index in [2.05, 4.69) is 20.6 Å². The number of carbonyl (C=O) groups excluding carboxylic acids is 1. The van der Waals surface area contributed by atoms with Gasteiger partial charge in [0.25, 0.3) is 5.82 Å². The van der Waals surface area contributed by atoms with Crippen molar-refractivity contribution in [3.05, 3.63) is 42.2 Å². The van der Waals surface area contributed by atoms with Gasteiger partial charge in [0.2, 0.25) is 5.91 Å². The fraction of sp³-hybridized carbons (Fsp3) is 0.250. The number of methoxy groups -OCH3 is 1. The van der Waals surface area contributed by atoms with Crippen LogP contribution in [-0.4, -0.2) is 46.4 Å². The number of rotatable bonds is 5. The summed E-state index contributed by atoms with van der Waals surface area (Å²) in [5.74, 6) is -0.769. The zero-order valence-electron chi connectivity index (χ0n) is 14.4. The summed E-state index contributed by atoms with van der Waals surface area (Å²) in [6.07, 6.45) is -4.69. The minimum absolute atomic E-state index is 0.0397. The van der Waals surface area contributed by atoms with Crippen molar-refractivity contribution in [1.29, 1.82) is 0 Å². The van der Waals surface area contributed by atoms with Crippen LogP contribution in [-0.2, 0) is 11.0 Å². The third-order valence-electron chi connectivity index (χ3n) is 3.65. The second-order valence-corrected chi connectivity index (χ2v) is 5.62. The quantitative estimate of drug-likeness (QED) is 0.731. The summed E-state index contributed by atoms with van der Waals surface area (Å²) in [5.41, 5.74) is 0.526. The van der Waals surface area contributed by atoms with Crippen LogP contribution in [0.25, 0.3) is 5.65 Å². The van der Waals surface area contributed by atoms with E-state index in [1.54, 1.807) is 31.3 Å². The minimum atomic E-state index is -4.69. The lowest BCUT2D eigenvalue weighted by molar-refractivity contribution is -0.146. The predicted octanol–water partition coefficient (Wildman–Crippen LogP) is 2.23. The van der Waals surface area contributed by atoms with E-state index in [1.165, 1.54) is 24.1 Å². The average molecular weight is 380 g/mol. The molecule has 3 rings (SSSR count). The average Bonchev–Trinajstić information content (AvgIpc) is 3.05. The summed E-state index contributed by atoms with van der Waals surface area (Å²) in [5, 5.41) is 13.1. The molecular formula is C16H15F3N6O2. The normalized spacial score (nSPS) is 11.4. The Hall–Kier alpha value is -3.37. The molecule has 0 unspecified atom stereocenters. The first-order valence-corrected chi connectivity index (χ1v) is 7.72. The SMILES string of the molecule is COc1ccc(NC(=O)CN(C)c2ccc3nnc(C(F)(F)F)n3n2)cc1. The highest BCUT2D eigenvalue weighted by Crippen LogP contribution is 2.27. The van der Waals surface area contributed by atoms with Gasteiger partial charge in [-0.05, 0) is 36.4 Å². The second-order valence-electron chi connectivity index (χ2n) is 5.62. The number of benzene rings is 1. The molecule has 0 fully saturated rings. The van der Waals surface area contributed by atoms with Crippen molar-refractivity contribution in [2.45, 2.75) is 6.18 Å². The summed E-state index contributed by atoms with van der Waals surface area (Å²) in [6, 6.07) is 9.55. The number of hydrogen-bond acceptors (Lipinski definition) is 6. The van der Waals surface area contributed by atoms with E-state index >= 15 is 0 Å². The lowest BCUT2D eigenvalue weighted by Gasteiger charge is -2.18. The summed E-state index contributed by atoms with van der Waals surface area (Å²) in [6.45, 7) is -0.117. The smallest absolute Gasteiger partial charge is 0.453 e. The van der Waals surface area contributed by atoms with Crippen LogP contribution in [0.1, 0.15) is 5.82 Å². The maximum atomic E-state index is 12.9. The molecule has 1 N–H and O–H groups in total. The molecule has 0 saturated heterocycles. The molecule has 0 aliphatic heterocycles. The molecule has 1 amide bonds. The van der Waals surface area contributed by atoms with Gasteiger partial charge in [-0.15, -0.1) is 15.3 Å². The third kappa shape index (κ3) is 4.07. The van der Waals surface area contributed by atoms with Crippen molar-refractivity contribution in [2.75, 3.05) is 30.9 Å². The third-order valence-corrected chi connectivity index (χ3v) is 3.65. The number of nitrogens with one attached hydrogen (secondary N) is 1. The molecule has 27 heavy (non-hydrogen) atoms. The van der Waals surface area contributed by atoms with Crippen LogP contribution in [0, 0.1) is 0 Å². The van der Waals surface area contributed by atoms with E-state index < -0.39 is 12.0 Å². The zero-order valence-corrected chi connectivity index (χ0v) is 14.4. The molecule has 2 aromatic heterocycles. The molecule has 0 aliphatic carbocycles. The molecule has 11 heteroatoms. The fourth-order valence-electron chi connectivity index (χ4n) is 2.33. The number of aromatic nitrogens is 4. The summed E-state index contributed by atoms with van der Waals surface area (Å²) in [7, 11) is 3.08. The Bertz CT molecular complexity index is 955. The Labute approximate surface area is 151 Å². The van der Waals surface area contributed by atoms with Gasteiger partial charge in [-0.25, -0.2) is 0 Å². The second kappa shape index (κ2) is 7.09. The number of fused-ring (bicyclic) bond motifs is 1. The number of carbonyl (C=O) groups is 1. The number of halogens is 3. The molecule has 0 aliphatic rings. The molecule has 0 bridgehead atoms. The van der Waals surface area contributed by atoms with Gasteiger partial charge < -0.3 is 15.0 Å². The van der Waals surface area contributed by atoms with Gasteiger partial charge in [0.05, 0.1) is 13.7 Å². The van der Waals surface area contributed by atoms with E-state index in [1.807, 2.05) is 0 Å². The summed E-state index contributed by atoms with van der Waals surface area (Å²) in [4.78, 5) is 13.6. The van der Waals surface area contributed by atoms with E-state index in [0.29, 0.717) is 16.0 Å². The Kier molecular flexibility index (Phi) is 4.84. The topological polar surface area (TPSA) is 84.6 Å². The molecule has 0 atom stereocenters. The largest absolute Gasteiger partial charge is 0.497 e. The highest BCUT2D eigenvalue weighted by atomic mass is 19.4. The van der Waals surface area contributed by atoms with Crippen molar-refractivity contribution in [1.82, 2.24) is 19.8 Å². The molecule has 0 radical (unpaired) electrons. The lowest BCUT2D eigenvalue weighted by Crippen LogP contribution is -2.31. The molecule has 8 nitrogen and oxygen atoms in total. The monoisotopic (exact) mass is 380 g/mol. The van der Waals surface area contributed by atoms with Gasteiger partial charge >= 0.3 is 6.18 Å². The van der Waals surface area contributed by atoms with Gasteiger partial charge in [-0.1, -0.05) is 0 Å². The zero-order chi connectivity index (χ0) is 19.6. The van der Waals surface area contributed by atoms with Gasteiger partial charge in [0.15, 0.2) is 5.65 Å². The van der Waals surface area contributed by atoms with Crippen molar-refractivity contribution in [3.63, 3.8) is 0 Å². The number of likely N-dealkylation sites (N-methyl/N-ethyl adjacent to an activating group) is 1. The molecular weight excluding hydrogens is 365 g/mol. The van der Waals surface area contributed by atoms with Gasteiger partial charge in [-0.3, -0.25) is 4.79 Å². The summed E-state index contributed by atoms with van der Waals surface area (Å²) >= 11 is 0. The number of nitrogens with zero attached hydrogens (tertiary/aromatic N) is 5. The van der Waals surface area contributed by atoms with E-state index in [9.17, 15) is 18.0 Å². The number of alkyl halides is 3. The first kappa shape index (κ1) is 18.4.